The molecule has 2 heterocycles. The van der Waals surface area contributed by atoms with E-state index in [9.17, 15) is 0 Å². The minimum absolute atomic E-state index is 0. The third-order valence-corrected chi connectivity index (χ3v) is 3.53. The van der Waals surface area contributed by atoms with E-state index >= 15 is 0 Å². The van der Waals surface area contributed by atoms with Gasteiger partial charge in [-0.25, -0.2) is 0 Å². The van der Waals surface area contributed by atoms with Crippen LogP contribution >= 0.6 is 12.4 Å². The Morgan fingerprint density at radius 1 is 1.50 bits per heavy atom. The van der Waals surface area contributed by atoms with Gasteiger partial charge in [-0.2, -0.15) is 0 Å². The first-order chi connectivity index (χ1) is 7.29. The van der Waals surface area contributed by atoms with Crippen molar-refractivity contribution >= 4 is 12.4 Å². The molecule has 1 fully saturated rings. The number of H-pyrrole nitrogens is 1. The van der Waals surface area contributed by atoms with Gasteiger partial charge in [0.1, 0.15) is 0 Å². The Bertz CT molecular complexity index is 280. The number of hydrogen-bond acceptors (Lipinski definition) is 2. The number of aromatic amines is 1. The highest BCUT2D eigenvalue weighted by Crippen LogP contribution is 2.21. The number of aromatic nitrogens is 1. The molecule has 2 N–H and O–H groups in total. The van der Waals surface area contributed by atoms with Crippen molar-refractivity contribution in [3.05, 3.63) is 24.0 Å². The summed E-state index contributed by atoms with van der Waals surface area (Å²) < 4.78 is 0. The summed E-state index contributed by atoms with van der Waals surface area (Å²) >= 11 is 0. The lowest BCUT2D eigenvalue weighted by molar-refractivity contribution is 0.154. The summed E-state index contributed by atoms with van der Waals surface area (Å²) in [5.74, 6) is 0. The van der Waals surface area contributed by atoms with Crippen molar-refractivity contribution < 1.29 is 0 Å². The van der Waals surface area contributed by atoms with E-state index in [1.165, 1.54) is 25.1 Å². The summed E-state index contributed by atoms with van der Waals surface area (Å²) in [4.78, 5) is 5.77. The molecule has 1 aromatic heterocycles. The van der Waals surface area contributed by atoms with Crippen LogP contribution in [0.3, 0.4) is 0 Å². The first kappa shape index (κ1) is 13.6. The molecule has 92 valence electrons. The molecule has 4 heteroatoms. The SMILES string of the molecule is CC(c1ccc[nH]1)N(C)[C@H]1CCCNC1.Cl. The lowest BCUT2D eigenvalue weighted by Gasteiger charge is -2.35. The number of piperidine rings is 1. The summed E-state index contributed by atoms with van der Waals surface area (Å²) in [7, 11) is 2.23. The number of rotatable bonds is 3. The summed E-state index contributed by atoms with van der Waals surface area (Å²) in [5.41, 5.74) is 1.31. The zero-order chi connectivity index (χ0) is 10.7. The van der Waals surface area contributed by atoms with Gasteiger partial charge in [0.25, 0.3) is 0 Å². The van der Waals surface area contributed by atoms with Crippen LogP contribution < -0.4 is 5.32 Å². The van der Waals surface area contributed by atoms with Gasteiger partial charge in [0.2, 0.25) is 0 Å². The smallest absolute Gasteiger partial charge is 0.0470 e. The highest BCUT2D eigenvalue weighted by molar-refractivity contribution is 5.85. The molecule has 2 rings (SSSR count). The first-order valence-electron chi connectivity index (χ1n) is 5.85. The molecule has 1 aromatic rings. The Kier molecular flexibility index (Phi) is 5.32. The van der Waals surface area contributed by atoms with Crippen molar-refractivity contribution in [3.63, 3.8) is 0 Å². The van der Waals surface area contributed by atoms with E-state index in [-0.39, 0.29) is 12.4 Å². The van der Waals surface area contributed by atoms with Gasteiger partial charge in [-0.15, -0.1) is 12.4 Å². The predicted octanol–water partition coefficient (Wildman–Crippen LogP) is 2.18. The molecule has 0 aromatic carbocycles. The molecule has 3 nitrogen and oxygen atoms in total. The van der Waals surface area contributed by atoms with Gasteiger partial charge < -0.3 is 10.3 Å². The number of hydrogen-bond donors (Lipinski definition) is 2. The second-order valence-corrected chi connectivity index (χ2v) is 4.47. The van der Waals surface area contributed by atoms with Gasteiger partial charge in [-0.05, 0) is 45.5 Å². The summed E-state index contributed by atoms with van der Waals surface area (Å²) in [6.45, 7) is 4.57. The molecule has 0 amide bonds. The molecule has 2 atom stereocenters. The van der Waals surface area contributed by atoms with Crippen LogP contribution in [-0.4, -0.2) is 36.1 Å². The van der Waals surface area contributed by atoms with E-state index in [1.807, 2.05) is 6.20 Å². The molecule has 1 saturated heterocycles. The maximum Gasteiger partial charge on any atom is 0.0470 e. The number of nitrogens with zero attached hydrogens (tertiary/aromatic N) is 1. The Labute approximate surface area is 104 Å². The van der Waals surface area contributed by atoms with E-state index < -0.39 is 0 Å². The molecule has 16 heavy (non-hydrogen) atoms. The van der Waals surface area contributed by atoms with Crippen molar-refractivity contribution in [1.82, 2.24) is 15.2 Å². The number of halogens is 1. The van der Waals surface area contributed by atoms with Crippen LogP contribution in [-0.2, 0) is 0 Å². The quantitative estimate of drug-likeness (QED) is 0.853. The average molecular weight is 244 g/mol. The van der Waals surface area contributed by atoms with E-state index in [0.717, 1.165) is 6.54 Å². The molecule has 0 aliphatic carbocycles. The average Bonchev–Trinajstić information content (AvgIpc) is 2.82. The fourth-order valence-corrected chi connectivity index (χ4v) is 2.32. The molecule has 1 aliphatic rings. The Hall–Kier alpha value is -0.510. The largest absolute Gasteiger partial charge is 0.364 e. The number of likely N-dealkylation sites (N-methyl/N-ethyl adjacent to an activating group) is 1. The van der Waals surface area contributed by atoms with Gasteiger partial charge in [-0.1, -0.05) is 0 Å². The van der Waals surface area contributed by atoms with E-state index in [4.69, 9.17) is 0 Å². The van der Waals surface area contributed by atoms with Gasteiger partial charge >= 0.3 is 0 Å². The zero-order valence-corrected chi connectivity index (χ0v) is 10.9. The standard InChI is InChI=1S/C12H21N3.ClH/c1-10(12-6-4-8-14-12)15(2)11-5-3-7-13-9-11;/h4,6,8,10-11,13-14H,3,5,7,9H2,1-2H3;1H/t10?,11-;/m0./s1. The molecule has 0 bridgehead atoms. The zero-order valence-electron chi connectivity index (χ0n) is 10.1. The van der Waals surface area contributed by atoms with Gasteiger partial charge in [0.05, 0.1) is 0 Å². The van der Waals surface area contributed by atoms with E-state index in [0.29, 0.717) is 12.1 Å². The van der Waals surface area contributed by atoms with Crippen LogP contribution in [0, 0.1) is 0 Å². The van der Waals surface area contributed by atoms with E-state index in [2.05, 4.69) is 41.3 Å². The summed E-state index contributed by atoms with van der Waals surface area (Å²) in [6, 6.07) is 5.39. The highest BCUT2D eigenvalue weighted by Gasteiger charge is 2.22. The van der Waals surface area contributed by atoms with Crippen LogP contribution in [0.25, 0.3) is 0 Å². The van der Waals surface area contributed by atoms with Crippen molar-refractivity contribution in [2.24, 2.45) is 0 Å². The van der Waals surface area contributed by atoms with Crippen LogP contribution in [0.4, 0.5) is 0 Å². The van der Waals surface area contributed by atoms with Crippen molar-refractivity contribution in [2.45, 2.75) is 31.8 Å². The molecule has 1 aliphatic heterocycles. The second kappa shape index (κ2) is 6.28. The summed E-state index contributed by atoms with van der Waals surface area (Å²) in [6.07, 6.45) is 4.61. The lowest BCUT2D eigenvalue weighted by atomic mass is 10.0. The fourth-order valence-electron chi connectivity index (χ4n) is 2.32. The maximum absolute atomic E-state index is 3.46. The molecule has 1 unspecified atom stereocenters. The maximum atomic E-state index is 3.46. The van der Waals surface area contributed by atoms with Crippen LogP contribution in [0.5, 0.6) is 0 Å². The minimum Gasteiger partial charge on any atom is -0.364 e. The van der Waals surface area contributed by atoms with Gasteiger partial charge in [0.15, 0.2) is 0 Å². The third kappa shape index (κ3) is 3.00. The monoisotopic (exact) mass is 243 g/mol. The highest BCUT2D eigenvalue weighted by atomic mass is 35.5. The Morgan fingerprint density at radius 3 is 2.88 bits per heavy atom. The van der Waals surface area contributed by atoms with Crippen molar-refractivity contribution in [2.75, 3.05) is 20.1 Å². The first-order valence-corrected chi connectivity index (χ1v) is 5.85. The fraction of sp³-hybridized carbons (Fsp3) is 0.667. The Morgan fingerprint density at radius 2 is 2.31 bits per heavy atom. The molecular weight excluding hydrogens is 222 g/mol. The number of nitrogens with one attached hydrogen (secondary N) is 2. The van der Waals surface area contributed by atoms with Crippen LogP contribution in [0.1, 0.15) is 31.5 Å². The van der Waals surface area contributed by atoms with Crippen LogP contribution in [0.15, 0.2) is 18.3 Å². The van der Waals surface area contributed by atoms with Crippen LogP contribution in [0.2, 0.25) is 0 Å². The molecular formula is C12H22ClN3. The van der Waals surface area contributed by atoms with E-state index in [1.54, 1.807) is 0 Å². The minimum atomic E-state index is 0. The lowest BCUT2D eigenvalue weighted by Crippen LogP contribution is -2.45. The van der Waals surface area contributed by atoms with Gasteiger partial charge in [-0.3, -0.25) is 4.90 Å². The predicted molar refractivity (Wildman–Crippen MR) is 70.1 cm³/mol. The molecule has 0 saturated carbocycles. The third-order valence-electron chi connectivity index (χ3n) is 3.53. The molecule has 0 spiro atoms. The second-order valence-electron chi connectivity index (χ2n) is 4.47. The normalized spacial score (nSPS) is 22.8. The summed E-state index contributed by atoms with van der Waals surface area (Å²) in [5, 5.41) is 3.46. The van der Waals surface area contributed by atoms with Crippen molar-refractivity contribution in [1.29, 1.82) is 0 Å². The van der Waals surface area contributed by atoms with Gasteiger partial charge in [0, 0.05) is 30.5 Å². The molecule has 0 radical (unpaired) electrons. The topological polar surface area (TPSA) is 31.1 Å². The van der Waals surface area contributed by atoms with Crippen molar-refractivity contribution in [3.8, 4) is 0 Å². The Balaban J connectivity index is 0.00000128.